The third-order valence-corrected chi connectivity index (χ3v) is 3.78. The van der Waals surface area contributed by atoms with Crippen molar-refractivity contribution < 1.29 is 29.3 Å². The van der Waals surface area contributed by atoms with Gasteiger partial charge in [0.1, 0.15) is 23.0 Å². The Labute approximate surface area is 133 Å². The molecule has 0 atom stereocenters. The van der Waals surface area contributed by atoms with E-state index in [-0.39, 0.29) is 46.2 Å². The number of benzene rings is 1. The first-order valence-electron chi connectivity index (χ1n) is 7.28. The van der Waals surface area contributed by atoms with Gasteiger partial charge in [-0.05, 0) is 32.3 Å². The first-order valence-corrected chi connectivity index (χ1v) is 7.28. The molecule has 23 heavy (non-hydrogen) atoms. The van der Waals surface area contributed by atoms with Crippen LogP contribution in [0.2, 0.25) is 0 Å². The van der Waals surface area contributed by atoms with Crippen LogP contribution in [0.3, 0.4) is 0 Å². The fourth-order valence-electron chi connectivity index (χ4n) is 2.57. The van der Waals surface area contributed by atoms with E-state index < -0.39 is 11.6 Å². The molecule has 0 heterocycles. The summed E-state index contributed by atoms with van der Waals surface area (Å²) in [7, 11) is 1.37. The lowest BCUT2D eigenvalue weighted by molar-refractivity contribution is -0.117. The summed E-state index contributed by atoms with van der Waals surface area (Å²) in [6.07, 6.45) is 1.61. The zero-order valence-electron chi connectivity index (χ0n) is 13.0. The second kappa shape index (κ2) is 6.64. The molecule has 0 saturated heterocycles. The van der Waals surface area contributed by atoms with Gasteiger partial charge >= 0.3 is 0 Å². The van der Waals surface area contributed by atoms with Crippen LogP contribution < -0.4 is 4.74 Å². The number of ether oxygens (including phenoxy) is 1. The number of carbonyl (C=O) groups is 3. The Bertz CT molecular complexity index is 714. The molecule has 122 valence electrons. The van der Waals surface area contributed by atoms with Crippen molar-refractivity contribution >= 4 is 23.1 Å². The average Bonchev–Trinajstić information content (AvgIpc) is 2.50. The van der Waals surface area contributed by atoms with E-state index in [9.17, 15) is 24.6 Å². The van der Waals surface area contributed by atoms with Crippen molar-refractivity contribution in [3.8, 4) is 11.5 Å². The van der Waals surface area contributed by atoms with Gasteiger partial charge in [-0.25, -0.2) is 0 Å². The molecule has 0 aromatic heterocycles. The molecule has 0 saturated carbocycles. The van der Waals surface area contributed by atoms with E-state index in [1.54, 1.807) is 0 Å². The number of unbranched alkanes of at least 4 members (excludes halogenated alkanes) is 1. The zero-order valence-corrected chi connectivity index (χ0v) is 13.0. The van der Waals surface area contributed by atoms with Crippen molar-refractivity contribution in [2.75, 3.05) is 7.11 Å². The summed E-state index contributed by atoms with van der Waals surface area (Å²) in [4.78, 5) is 35.3. The molecule has 0 radical (unpaired) electrons. The van der Waals surface area contributed by atoms with E-state index in [2.05, 4.69) is 0 Å². The quantitative estimate of drug-likeness (QED) is 0.617. The number of fused-ring (bicyclic) bond motifs is 1. The number of rotatable bonds is 6. The minimum atomic E-state index is -0.787. The summed E-state index contributed by atoms with van der Waals surface area (Å²) in [5.41, 5.74) is -0.139. The number of aliphatic hydroxyl groups is 1. The fourth-order valence-corrected chi connectivity index (χ4v) is 2.57. The number of phenols is 1. The van der Waals surface area contributed by atoms with Crippen molar-refractivity contribution in [2.45, 2.75) is 32.6 Å². The lowest BCUT2D eigenvalue weighted by Gasteiger charge is -2.19. The standard InChI is InChI=1S/C17H18O6/c1-9(18)5-3-4-6-11-15(20)14-12(17(22)16(11)21)7-10(23-2)8-13(14)19/h7-8,19-20H,3-6H2,1-2H3. The highest BCUT2D eigenvalue weighted by molar-refractivity contribution is 6.52. The van der Waals surface area contributed by atoms with E-state index in [0.29, 0.717) is 19.3 Å². The largest absolute Gasteiger partial charge is 0.507 e. The van der Waals surface area contributed by atoms with Crippen molar-refractivity contribution in [3.63, 3.8) is 0 Å². The first-order chi connectivity index (χ1) is 10.9. The van der Waals surface area contributed by atoms with Crippen molar-refractivity contribution in [2.24, 2.45) is 0 Å². The molecular weight excluding hydrogens is 300 g/mol. The second-order valence-electron chi connectivity index (χ2n) is 5.46. The number of aliphatic hydroxyl groups excluding tert-OH is 1. The van der Waals surface area contributed by atoms with Crippen LogP contribution in [0.4, 0.5) is 0 Å². The third-order valence-electron chi connectivity index (χ3n) is 3.78. The lowest BCUT2D eigenvalue weighted by atomic mass is 9.85. The van der Waals surface area contributed by atoms with Crippen LogP contribution in [0.1, 0.15) is 48.5 Å². The number of methoxy groups -OCH3 is 1. The minimum Gasteiger partial charge on any atom is -0.507 e. The minimum absolute atomic E-state index is 0.0217. The summed E-state index contributed by atoms with van der Waals surface area (Å²) in [5, 5.41) is 20.3. The number of phenolic OH excluding ortho intramolecular Hbond substituents is 1. The Hall–Kier alpha value is -2.63. The van der Waals surface area contributed by atoms with Crippen LogP contribution in [0.5, 0.6) is 11.5 Å². The normalized spacial score (nSPS) is 14.0. The molecule has 6 nitrogen and oxygen atoms in total. The highest BCUT2D eigenvalue weighted by atomic mass is 16.5. The highest BCUT2D eigenvalue weighted by Gasteiger charge is 2.34. The number of ketones is 3. The Morgan fingerprint density at radius 2 is 1.83 bits per heavy atom. The Kier molecular flexibility index (Phi) is 4.83. The number of allylic oxidation sites excluding steroid dienone is 1. The van der Waals surface area contributed by atoms with Crippen molar-refractivity contribution in [1.29, 1.82) is 0 Å². The number of Topliss-reactive ketones (excluding diaryl/α,β-unsaturated/α-hetero) is 3. The van der Waals surface area contributed by atoms with Crippen LogP contribution in [0.25, 0.3) is 5.76 Å². The van der Waals surface area contributed by atoms with Crippen LogP contribution in [-0.2, 0) is 9.59 Å². The summed E-state index contributed by atoms with van der Waals surface area (Å²) in [6.45, 7) is 1.48. The molecule has 0 bridgehead atoms. The van der Waals surface area contributed by atoms with Crippen LogP contribution in [0.15, 0.2) is 17.7 Å². The Morgan fingerprint density at radius 3 is 2.43 bits per heavy atom. The van der Waals surface area contributed by atoms with Gasteiger partial charge < -0.3 is 19.7 Å². The fraction of sp³-hybridized carbons (Fsp3) is 0.353. The predicted octanol–water partition coefficient (Wildman–Crippen LogP) is 2.58. The monoisotopic (exact) mass is 318 g/mol. The van der Waals surface area contributed by atoms with Crippen LogP contribution in [-0.4, -0.2) is 34.7 Å². The smallest absolute Gasteiger partial charge is 0.234 e. The van der Waals surface area contributed by atoms with E-state index >= 15 is 0 Å². The molecule has 0 amide bonds. The number of aromatic hydroxyl groups is 1. The van der Waals surface area contributed by atoms with Gasteiger partial charge in [0, 0.05) is 23.6 Å². The molecule has 6 heteroatoms. The topological polar surface area (TPSA) is 101 Å². The molecule has 0 unspecified atom stereocenters. The molecule has 1 aliphatic rings. The van der Waals surface area contributed by atoms with Crippen molar-refractivity contribution in [3.05, 3.63) is 28.8 Å². The molecular formula is C17H18O6. The van der Waals surface area contributed by atoms with Gasteiger partial charge in [0.05, 0.1) is 12.7 Å². The summed E-state index contributed by atoms with van der Waals surface area (Å²) < 4.78 is 4.96. The van der Waals surface area contributed by atoms with Crippen molar-refractivity contribution in [1.82, 2.24) is 0 Å². The lowest BCUT2D eigenvalue weighted by Crippen LogP contribution is -2.24. The third kappa shape index (κ3) is 3.26. The van der Waals surface area contributed by atoms with Gasteiger partial charge in [0.15, 0.2) is 0 Å². The van der Waals surface area contributed by atoms with E-state index in [4.69, 9.17) is 4.74 Å². The summed E-state index contributed by atoms with van der Waals surface area (Å²) in [5.74, 6) is -2.00. The van der Waals surface area contributed by atoms with Gasteiger partial charge in [-0.1, -0.05) is 0 Å². The van der Waals surface area contributed by atoms with Gasteiger partial charge in [0.2, 0.25) is 11.6 Å². The van der Waals surface area contributed by atoms with Gasteiger partial charge in [-0.15, -0.1) is 0 Å². The van der Waals surface area contributed by atoms with Gasteiger partial charge in [0.25, 0.3) is 0 Å². The zero-order chi connectivity index (χ0) is 17.1. The average molecular weight is 318 g/mol. The van der Waals surface area contributed by atoms with E-state index in [1.165, 1.54) is 26.2 Å². The van der Waals surface area contributed by atoms with Crippen LogP contribution in [0, 0.1) is 0 Å². The Balaban J connectivity index is 2.36. The van der Waals surface area contributed by atoms with E-state index in [0.717, 1.165) is 0 Å². The molecule has 0 spiro atoms. The second-order valence-corrected chi connectivity index (χ2v) is 5.46. The first kappa shape index (κ1) is 16.7. The molecule has 0 aliphatic heterocycles. The maximum absolute atomic E-state index is 12.2. The molecule has 2 N–H and O–H groups in total. The maximum atomic E-state index is 12.2. The Morgan fingerprint density at radius 1 is 1.13 bits per heavy atom. The SMILES string of the molecule is COc1cc(O)c2c(c1)C(=O)C(=O)C(CCCCC(C)=O)=C2O. The van der Waals surface area contributed by atoms with Crippen LogP contribution >= 0.6 is 0 Å². The van der Waals surface area contributed by atoms with Gasteiger partial charge in [-0.2, -0.15) is 0 Å². The predicted molar refractivity (Wildman–Crippen MR) is 82.7 cm³/mol. The molecule has 1 aliphatic carbocycles. The number of hydrogen-bond donors (Lipinski definition) is 2. The van der Waals surface area contributed by atoms with Gasteiger partial charge in [-0.3, -0.25) is 9.59 Å². The maximum Gasteiger partial charge on any atom is 0.234 e. The number of carbonyl (C=O) groups excluding carboxylic acids is 3. The highest BCUT2D eigenvalue weighted by Crippen LogP contribution is 2.38. The molecule has 1 aromatic carbocycles. The molecule has 2 rings (SSSR count). The molecule has 0 fully saturated rings. The number of hydrogen-bond acceptors (Lipinski definition) is 6. The molecule has 1 aromatic rings. The summed E-state index contributed by atoms with van der Waals surface area (Å²) >= 11 is 0. The summed E-state index contributed by atoms with van der Waals surface area (Å²) in [6, 6.07) is 2.59. The van der Waals surface area contributed by atoms with E-state index in [1.807, 2.05) is 0 Å².